The van der Waals surface area contributed by atoms with Crippen molar-refractivity contribution < 1.29 is 9.53 Å². The van der Waals surface area contributed by atoms with E-state index in [1.165, 1.54) is 17.6 Å². The Morgan fingerprint density at radius 1 is 1.57 bits per heavy atom. The Balaban J connectivity index is 2.49. The van der Waals surface area contributed by atoms with E-state index in [1.807, 2.05) is 38.3 Å². The summed E-state index contributed by atoms with van der Waals surface area (Å²) in [6.07, 6.45) is 0.963. The molecule has 0 unspecified atom stereocenters. The molecule has 0 aromatic carbocycles. The van der Waals surface area contributed by atoms with Crippen LogP contribution in [0.15, 0.2) is 22.5 Å². The Labute approximate surface area is 87.4 Å². The van der Waals surface area contributed by atoms with Gasteiger partial charge in [-0.1, -0.05) is 6.07 Å². The molecule has 0 saturated heterocycles. The highest BCUT2D eigenvalue weighted by atomic mass is 32.1. The lowest BCUT2D eigenvalue weighted by Gasteiger charge is -2.16. The van der Waals surface area contributed by atoms with Gasteiger partial charge in [0.15, 0.2) is 0 Å². The number of rotatable bonds is 1. The molecule has 0 atom stereocenters. The second-order valence-corrected chi connectivity index (χ2v) is 4.73. The van der Waals surface area contributed by atoms with E-state index in [0.717, 1.165) is 4.88 Å². The molecule has 76 valence electrons. The van der Waals surface area contributed by atoms with Crippen LogP contribution >= 0.6 is 11.3 Å². The van der Waals surface area contributed by atoms with Gasteiger partial charge in [-0.15, -0.1) is 11.3 Å². The summed E-state index contributed by atoms with van der Waals surface area (Å²) in [5, 5.41) is 1.93. The minimum atomic E-state index is -0.550. The lowest BCUT2D eigenvalue weighted by atomic mass is 10.2. The highest BCUT2D eigenvalue weighted by Gasteiger charge is 2.14. The molecule has 1 amide bonds. The number of amides is 1. The average molecular weight is 211 g/mol. The highest BCUT2D eigenvalue weighted by molar-refractivity contribution is 7.11. The van der Waals surface area contributed by atoms with Crippen molar-refractivity contribution in [3.8, 4) is 0 Å². The summed E-state index contributed by atoms with van der Waals surface area (Å²) in [6.45, 7) is 5.43. The largest absolute Gasteiger partial charge is 0.442 e. The number of ether oxygens (including phenoxy) is 1. The standard InChI is InChI=1S/C10H13NO2S/c1-10(2,3)13-9(12)11-7-8-5-4-6-14-8/h4-7H,1-3H3/b11-7-. The summed E-state index contributed by atoms with van der Waals surface area (Å²) >= 11 is 1.53. The fourth-order valence-electron chi connectivity index (χ4n) is 0.769. The summed E-state index contributed by atoms with van der Waals surface area (Å²) in [6, 6.07) is 3.79. The van der Waals surface area contributed by atoms with Crippen molar-refractivity contribution in [2.45, 2.75) is 26.4 Å². The van der Waals surface area contributed by atoms with E-state index in [0.29, 0.717) is 0 Å². The molecule has 14 heavy (non-hydrogen) atoms. The fraction of sp³-hybridized carbons (Fsp3) is 0.400. The number of aliphatic imine (C=N–C) groups is 1. The minimum Gasteiger partial charge on any atom is -0.442 e. The van der Waals surface area contributed by atoms with Crippen molar-refractivity contribution in [1.82, 2.24) is 0 Å². The smallest absolute Gasteiger partial charge is 0.434 e. The Morgan fingerprint density at radius 2 is 2.29 bits per heavy atom. The first kappa shape index (κ1) is 10.9. The summed E-state index contributed by atoms with van der Waals surface area (Å²) in [7, 11) is 0. The first-order valence-corrected chi connectivity index (χ1v) is 5.16. The van der Waals surface area contributed by atoms with Crippen molar-refractivity contribution in [2.24, 2.45) is 4.99 Å². The van der Waals surface area contributed by atoms with Crippen LogP contribution in [0.25, 0.3) is 0 Å². The molecular formula is C10H13NO2S. The number of carbonyl (C=O) groups excluding carboxylic acids is 1. The number of carbonyl (C=O) groups is 1. The van der Waals surface area contributed by atoms with Gasteiger partial charge in [-0.05, 0) is 32.2 Å². The van der Waals surface area contributed by atoms with Crippen LogP contribution in [-0.2, 0) is 4.74 Å². The SMILES string of the molecule is CC(C)(C)OC(=O)/N=C\c1cccs1. The van der Waals surface area contributed by atoms with Gasteiger partial charge in [0.2, 0.25) is 0 Å². The van der Waals surface area contributed by atoms with Gasteiger partial charge in [0.1, 0.15) is 5.60 Å². The van der Waals surface area contributed by atoms with E-state index in [2.05, 4.69) is 4.99 Å². The lowest BCUT2D eigenvalue weighted by Crippen LogP contribution is -2.21. The topological polar surface area (TPSA) is 38.7 Å². The Kier molecular flexibility index (Phi) is 3.41. The van der Waals surface area contributed by atoms with Gasteiger partial charge in [-0.2, -0.15) is 4.99 Å². The van der Waals surface area contributed by atoms with Gasteiger partial charge in [-0.25, -0.2) is 4.79 Å². The van der Waals surface area contributed by atoms with Crippen LogP contribution in [-0.4, -0.2) is 17.9 Å². The van der Waals surface area contributed by atoms with Gasteiger partial charge in [0.25, 0.3) is 0 Å². The lowest BCUT2D eigenvalue weighted by molar-refractivity contribution is 0.0605. The van der Waals surface area contributed by atoms with Gasteiger partial charge in [0.05, 0.1) is 6.21 Å². The molecule has 3 nitrogen and oxygen atoms in total. The van der Waals surface area contributed by atoms with Gasteiger partial charge >= 0.3 is 6.09 Å². The third-order valence-electron chi connectivity index (χ3n) is 1.23. The summed E-state index contributed by atoms with van der Waals surface area (Å²) in [4.78, 5) is 15.8. The molecule has 0 aliphatic heterocycles. The first-order valence-electron chi connectivity index (χ1n) is 4.28. The molecule has 0 aliphatic carbocycles. The second-order valence-electron chi connectivity index (χ2n) is 3.75. The molecule has 0 spiro atoms. The molecule has 1 aromatic heterocycles. The number of hydrogen-bond donors (Lipinski definition) is 0. The van der Waals surface area contributed by atoms with Crippen LogP contribution in [0.1, 0.15) is 25.6 Å². The third kappa shape index (κ3) is 4.18. The Hall–Kier alpha value is -1.16. The maximum Gasteiger partial charge on any atom is 0.434 e. The molecular weight excluding hydrogens is 198 g/mol. The minimum absolute atomic E-state index is 0.482. The molecule has 1 aromatic rings. The van der Waals surface area contributed by atoms with E-state index in [9.17, 15) is 4.79 Å². The van der Waals surface area contributed by atoms with Crippen molar-refractivity contribution in [1.29, 1.82) is 0 Å². The average Bonchev–Trinajstić information content (AvgIpc) is 2.49. The maximum absolute atomic E-state index is 11.1. The molecule has 0 saturated carbocycles. The van der Waals surface area contributed by atoms with Crippen molar-refractivity contribution in [3.05, 3.63) is 22.4 Å². The van der Waals surface area contributed by atoms with E-state index in [4.69, 9.17) is 4.74 Å². The normalized spacial score (nSPS) is 11.9. The summed E-state index contributed by atoms with van der Waals surface area (Å²) in [5.74, 6) is 0. The van der Waals surface area contributed by atoms with E-state index in [-0.39, 0.29) is 0 Å². The van der Waals surface area contributed by atoms with Gasteiger partial charge in [0, 0.05) is 4.88 Å². The van der Waals surface area contributed by atoms with Crippen LogP contribution in [0.3, 0.4) is 0 Å². The molecule has 1 heterocycles. The monoisotopic (exact) mass is 211 g/mol. The van der Waals surface area contributed by atoms with E-state index < -0.39 is 11.7 Å². The number of hydrogen-bond acceptors (Lipinski definition) is 3. The van der Waals surface area contributed by atoms with Crippen LogP contribution < -0.4 is 0 Å². The number of thiophene rings is 1. The second kappa shape index (κ2) is 4.37. The molecule has 0 bridgehead atoms. The molecule has 0 radical (unpaired) electrons. The zero-order valence-electron chi connectivity index (χ0n) is 8.48. The Bertz CT molecular complexity index is 322. The molecule has 0 N–H and O–H groups in total. The van der Waals surface area contributed by atoms with Crippen LogP contribution in [0.4, 0.5) is 4.79 Å². The number of nitrogens with zero attached hydrogens (tertiary/aromatic N) is 1. The van der Waals surface area contributed by atoms with Gasteiger partial charge in [-0.3, -0.25) is 0 Å². The highest BCUT2D eigenvalue weighted by Crippen LogP contribution is 2.09. The van der Waals surface area contributed by atoms with Crippen LogP contribution in [0.5, 0.6) is 0 Å². The quantitative estimate of drug-likeness (QED) is 0.669. The van der Waals surface area contributed by atoms with Crippen molar-refractivity contribution >= 4 is 23.6 Å². The van der Waals surface area contributed by atoms with Gasteiger partial charge < -0.3 is 4.74 Å². The fourth-order valence-corrected chi connectivity index (χ4v) is 1.35. The zero-order chi connectivity index (χ0) is 10.6. The summed E-state index contributed by atoms with van der Waals surface area (Å²) < 4.78 is 5.00. The Morgan fingerprint density at radius 3 is 2.79 bits per heavy atom. The predicted octanol–water partition coefficient (Wildman–Crippen LogP) is 3.10. The van der Waals surface area contributed by atoms with E-state index >= 15 is 0 Å². The zero-order valence-corrected chi connectivity index (χ0v) is 9.30. The van der Waals surface area contributed by atoms with Crippen LogP contribution in [0.2, 0.25) is 0 Å². The molecule has 4 heteroatoms. The van der Waals surface area contributed by atoms with Crippen molar-refractivity contribution in [2.75, 3.05) is 0 Å². The maximum atomic E-state index is 11.1. The summed E-state index contributed by atoms with van der Waals surface area (Å²) in [5.41, 5.74) is -0.482. The first-order chi connectivity index (χ1) is 6.47. The van der Waals surface area contributed by atoms with E-state index in [1.54, 1.807) is 0 Å². The molecule has 0 aliphatic rings. The predicted molar refractivity (Wildman–Crippen MR) is 58.1 cm³/mol. The van der Waals surface area contributed by atoms with Crippen LogP contribution in [0, 0.1) is 0 Å². The molecule has 1 rings (SSSR count). The van der Waals surface area contributed by atoms with Crippen molar-refractivity contribution in [3.63, 3.8) is 0 Å². The molecule has 0 fully saturated rings. The third-order valence-corrected chi connectivity index (χ3v) is 2.04.